The van der Waals surface area contributed by atoms with Crippen molar-refractivity contribution in [2.24, 2.45) is 5.73 Å². The molecule has 3 aromatic heterocycles. The maximum atomic E-state index is 5.90. The number of para-hydroxylation sites is 1. The zero-order chi connectivity index (χ0) is 15.8. The van der Waals surface area contributed by atoms with Crippen molar-refractivity contribution < 1.29 is 9.15 Å². The lowest BCUT2D eigenvalue weighted by molar-refractivity contribution is 0.281. The molecule has 1 unspecified atom stereocenters. The third-order valence-corrected chi connectivity index (χ3v) is 3.51. The monoisotopic (exact) mass is 308 g/mol. The molecule has 0 bridgehead atoms. The van der Waals surface area contributed by atoms with Crippen LogP contribution in [0, 0.1) is 0 Å². The number of aromatic nitrogens is 3. The average molecular weight is 308 g/mol. The smallest absolute Gasteiger partial charge is 0.231 e. The summed E-state index contributed by atoms with van der Waals surface area (Å²) in [5.41, 5.74) is 8.06. The van der Waals surface area contributed by atoms with Gasteiger partial charge in [0.25, 0.3) is 0 Å². The van der Waals surface area contributed by atoms with E-state index in [2.05, 4.69) is 10.1 Å². The normalized spacial score (nSPS) is 12.8. The highest BCUT2D eigenvalue weighted by atomic mass is 16.5. The second-order valence-corrected chi connectivity index (χ2v) is 5.52. The Morgan fingerprint density at radius 2 is 2.13 bits per heavy atom. The number of imidazole rings is 1. The van der Waals surface area contributed by atoms with Gasteiger partial charge < -0.3 is 14.9 Å². The van der Waals surface area contributed by atoms with Gasteiger partial charge >= 0.3 is 0 Å². The first-order chi connectivity index (χ1) is 11.2. The predicted octanol–water partition coefficient (Wildman–Crippen LogP) is 2.87. The van der Waals surface area contributed by atoms with Gasteiger partial charge in [0.2, 0.25) is 5.88 Å². The Kier molecular flexibility index (Phi) is 3.24. The van der Waals surface area contributed by atoms with E-state index < -0.39 is 0 Å². The van der Waals surface area contributed by atoms with E-state index in [0.29, 0.717) is 12.5 Å². The largest absolute Gasteiger partial charge is 0.475 e. The van der Waals surface area contributed by atoms with Gasteiger partial charge in [0.05, 0.1) is 6.20 Å². The standard InChI is InChI=1S/C17H16N4O2/c1-11(18)10-22-17-7-6-16-19-9-13(21(16)20-17)15-8-12-4-2-3-5-14(12)23-15/h2-9,11H,10,18H2,1H3. The number of fused-ring (bicyclic) bond motifs is 2. The highest BCUT2D eigenvalue weighted by Crippen LogP contribution is 2.28. The molecule has 0 spiro atoms. The Hall–Kier alpha value is -2.86. The molecular formula is C17H16N4O2. The number of hydrogen-bond donors (Lipinski definition) is 1. The van der Waals surface area contributed by atoms with Gasteiger partial charge in [0, 0.05) is 17.5 Å². The lowest BCUT2D eigenvalue weighted by atomic mass is 10.2. The zero-order valence-electron chi connectivity index (χ0n) is 12.6. The van der Waals surface area contributed by atoms with E-state index >= 15 is 0 Å². The van der Waals surface area contributed by atoms with Crippen molar-refractivity contribution in [3.05, 3.63) is 48.7 Å². The minimum Gasteiger partial charge on any atom is -0.475 e. The van der Waals surface area contributed by atoms with Crippen molar-refractivity contribution in [2.45, 2.75) is 13.0 Å². The van der Waals surface area contributed by atoms with E-state index in [1.165, 1.54) is 0 Å². The molecule has 0 aliphatic carbocycles. The van der Waals surface area contributed by atoms with Gasteiger partial charge in [-0.25, -0.2) is 9.50 Å². The van der Waals surface area contributed by atoms with E-state index in [-0.39, 0.29) is 6.04 Å². The molecule has 0 radical (unpaired) electrons. The third-order valence-electron chi connectivity index (χ3n) is 3.51. The molecule has 1 atom stereocenters. The first-order valence-corrected chi connectivity index (χ1v) is 7.43. The lowest BCUT2D eigenvalue weighted by Crippen LogP contribution is -2.24. The predicted molar refractivity (Wildman–Crippen MR) is 87.3 cm³/mol. The molecule has 3 heterocycles. The van der Waals surface area contributed by atoms with Crippen LogP contribution in [0.15, 0.2) is 53.1 Å². The summed E-state index contributed by atoms with van der Waals surface area (Å²) in [6.07, 6.45) is 1.75. The van der Waals surface area contributed by atoms with E-state index in [1.54, 1.807) is 16.8 Å². The molecule has 6 heteroatoms. The van der Waals surface area contributed by atoms with Crippen LogP contribution >= 0.6 is 0 Å². The summed E-state index contributed by atoms with van der Waals surface area (Å²) < 4.78 is 13.2. The molecule has 0 aliphatic rings. The van der Waals surface area contributed by atoms with Gasteiger partial charge in [-0.3, -0.25) is 0 Å². The summed E-state index contributed by atoms with van der Waals surface area (Å²) in [6.45, 7) is 2.29. The maximum Gasteiger partial charge on any atom is 0.231 e. The Labute approximate surface area is 132 Å². The third kappa shape index (κ3) is 2.53. The van der Waals surface area contributed by atoms with Crippen LogP contribution in [0.2, 0.25) is 0 Å². The van der Waals surface area contributed by atoms with Gasteiger partial charge in [-0.15, -0.1) is 5.10 Å². The molecule has 6 nitrogen and oxygen atoms in total. The molecule has 1 aromatic carbocycles. The van der Waals surface area contributed by atoms with E-state index in [0.717, 1.165) is 28.1 Å². The molecule has 0 amide bonds. The van der Waals surface area contributed by atoms with Crippen molar-refractivity contribution in [2.75, 3.05) is 6.61 Å². The first kappa shape index (κ1) is 13.8. The Bertz CT molecular complexity index is 938. The minimum absolute atomic E-state index is 0.0508. The number of nitrogens with zero attached hydrogens (tertiary/aromatic N) is 3. The summed E-state index contributed by atoms with van der Waals surface area (Å²) in [6, 6.07) is 13.4. The molecule has 0 fully saturated rings. The van der Waals surface area contributed by atoms with Crippen LogP contribution in [-0.4, -0.2) is 27.2 Å². The highest BCUT2D eigenvalue weighted by Gasteiger charge is 2.13. The summed E-state index contributed by atoms with van der Waals surface area (Å²) in [4.78, 5) is 4.36. The highest BCUT2D eigenvalue weighted by molar-refractivity contribution is 5.82. The molecule has 4 rings (SSSR count). The number of hydrogen-bond acceptors (Lipinski definition) is 5. The van der Waals surface area contributed by atoms with Gasteiger partial charge in [-0.1, -0.05) is 18.2 Å². The number of furan rings is 1. The van der Waals surface area contributed by atoms with Crippen molar-refractivity contribution in [3.63, 3.8) is 0 Å². The van der Waals surface area contributed by atoms with Crippen LogP contribution in [-0.2, 0) is 0 Å². The molecule has 23 heavy (non-hydrogen) atoms. The maximum absolute atomic E-state index is 5.90. The first-order valence-electron chi connectivity index (χ1n) is 7.43. The van der Waals surface area contributed by atoms with Crippen molar-refractivity contribution >= 4 is 16.6 Å². The summed E-state index contributed by atoms with van der Waals surface area (Å²) in [5, 5.41) is 5.51. The van der Waals surface area contributed by atoms with Gasteiger partial charge in [-0.05, 0) is 25.1 Å². The second kappa shape index (κ2) is 5.40. The average Bonchev–Trinajstić information content (AvgIpc) is 3.15. The molecule has 0 saturated heterocycles. The van der Waals surface area contributed by atoms with E-state index in [4.69, 9.17) is 14.9 Å². The quantitative estimate of drug-likeness (QED) is 0.627. The summed E-state index contributed by atoms with van der Waals surface area (Å²) in [7, 11) is 0. The van der Waals surface area contributed by atoms with Crippen LogP contribution < -0.4 is 10.5 Å². The number of nitrogens with two attached hydrogens (primary N) is 1. The summed E-state index contributed by atoms with van der Waals surface area (Å²) >= 11 is 0. The number of benzene rings is 1. The number of rotatable bonds is 4. The molecule has 0 saturated carbocycles. The topological polar surface area (TPSA) is 78.6 Å². The zero-order valence-corrected chi connectivity index (χ0v) is 12.6. The fraction of sp³-hybridized carbons (Fsp3) is 0.176. The Morgan fingerprint density at radius 3 is 2.96 bits per heavy atom. The van der Waals surface area contributed by atoms with Gasteiger partial charge in [0.1, 0.15) is 17.9 Å². The number of ether oxygens (including phenoxy) is 1. The Balaban J connectivity index is 1.78. The van der Waals surface area contributed by atoms with Crippen LogP contribution in [0.3, 0.4) is 0 Å². The van der Waals surface area contributed by atoms with Crippen LogP contribution in [0.1, 0.15) is 6.92 Å². The second-order valence-electron chi connectivity index (χ2n) is 5.52. The molecule has 2 N–H and O–H groups in total. The van der Waals surface area contributed by atoms with Crippen LogP contribution in [0.4, 0.5) is 0 Å². The SMILES string of the molecule is CC(N)COc1ccc2ncc(-c3cc4ccccc4o3)n2n1. The molecule has 116 valence electrons. The molecule has 0 aliphatic heterocycles. The van der Waals surface area contributed by atoms with Crippen molar-refractivity contribution in [1.29, 1.82) is 0 Å². The fourth-order valence-electron chi connectivity index (χ4n) is 2.43. The summed E-state index contributed by atoms with van der Waals surface area (Å²) in [5.74, 6) is 1.22. The fourth-order valence-corrected chi connectivity index (χ4v) is 2.43. The van der Waals surface area contributed by atoms with Crippen molar-refractivity contribution in [1.82, 2.24) is 14.6 Å². The van der Waals surface area contributed by atoms with Gasteiger partial charge in [0.15, 0.2) is 11.4 Å². The molecule has 4 aromatic rings. The Morgan fingerprint density at radius 1 is 1.26 bits per heavy atom. The van der Waals surface area contributed by atoms with Crippen LogP contribution in [0.5, 0.6) is 5.88 Å². The lowest BCUT2D eigenvalue weighted by Gasteiger charge is -2.08. The minimum atomic E-state index is -0.0508. The van der Waals surface area contributed by atoms with Gasteiger partial charge in [-0.2, -0.15) is 0 Å². The van der Waals surface area contributed by atoms with E-state index in [9.17, 15) is 0 Å². The van der Waals surface area contributed by atoms with E-state index in [1.807, 2.05) is 43.3 Å². The van der Waals surface area contributed by atoms with Crippen LogP contribution in [0.25, 0.3) is 28.1 Å². The molecular weight excluding hydrogens is 292 g/mol. The van der Waals surface area contributed by atoms with Crippen molar-refractivity contribution in [3.8, 4) is 17.3 Å².